The minimum absolute atomic E-state index is 0.0768. The van der Waals surface area contributed by atoms with Gasteiger partial charge >= 0.3 is 0 Å². The average Bonchev–Trinajstić information content (AvgIpc) is 2.50. The summed E-state index contributed by atoms with van der Waals surface area (Å²) in [7, 11) is 0. The first-order valence-corrected chi connectivity index (χ1v) is 5.01. The van der Waals surface area contributed by atoms with E-state index in [0.717, 1.165) is 12.0 Å². The van der Waals surface area contributed by atoms with Crippen LogP contribution in [0.2, 0.25) is 0 Å². The van der Waals surface area contributed by atoms with Gasteiger partial charge in [0.05, 0.1) is 6.26 Å². The van der Waals surface area contributed by atoms with Gasteiger partial charge in [0.25, 0.3) is 5.91 Å². The molecule has 0 fully saturated rings. The molecule has 1 N–H and O–H groups in total. The van der Waals surface area contributed by atoms with E-state index in [4.69, 9.17) is 16.0 Å². The number of furan rings is 1. The second-order valence-corrected chi connectivity index (χ2v) is 4.00. The molecule has 0 bridgehead atoms. The van der Waals surface area contributed by atoms with Crippen LogP contribution < -0.4 is 5.32 Å². The van der Waals surface area contributed by atoms with Crippen molar-refractivity contribution in [2.75, 3.05) is 6.54 Å². The zero-order valence-corrected chi connectivity index (χ0v) is 9.10. The smallest absolute Gasteiger partial charge is 0.287 e. The van der Waals surface area contributed by atoms with E-state index in [9.17, 15) is 4.79 Å². The number of alkyl halides is 1. The first-order valence-electron chi connectivity index (χ1n) is 4.57. The maximum atomic E-state index is 11.5. The molecule has 1 unspecified atom stereocenters. The van der Waals surface area contributed by atoms with Crippen LogP contribution in [0.25, 0.3) is 0 Å². The number of nitrogens with one attached hydrogen (secondary N) is 1. The Morgan fingerprint density at radius 2 is 2.43 bits per heavy atom. The first-order chi connectivity index (χ1) is 6.61. The van der Waals surface area contributed by atoms with Crippen molar-refractivity contribution in [2.45, 2.75) is 25.6 Å². The van der Waals surface area contributed by atoms with Gasteiger partial charge in [-0.1, -0.05) is 0 Å². The average molecular weight is 216 g/mol. The fourth-order valence-corrected chi connectivity index (χ4v) is 1.18. The van der Waals surface area contributed by atoms with E-state index in [1.807, 2.05) is 13.8 Å². The summed E-state index contributed by atoms with van der Waals surface area (Å²) in [4.78, 5) is 11.5. The summed E-state index contributed by atoms with van der Waals surface area (Å²) in [6.07, 6.45) is 2.27. The minimum Gasteiger partial charge on any atom is -0.459 e. The van der Waals surface area contributed by atoms with Gasteiger partial charge in [0.1, 0.15) is 0 Å². The van der Waals surface area contributed by atoms with Crippen molar-refractivity contribution >= 4 is 17.5 Å². The fourth-order valence-electron chi connectivity index (χ4n) is 1.07. The van der Waals surface area contributed by atoms with Crippen LogP contribution >= 0.6 is 11.6 Å². The lowest BCUT2D eigenvalue weighted by atomic mass is 10.2. The molecular weight excluding hydrogens is 202 g/mol. The lowest BCUT2D eigenvalue weighted by Gasteiger charge is -2.04. The summed E-state index contributed by atoms with van der Waals surface area (Å²) in [6, 6.07) is 1.76. The van der Waals surface area contributed by atoms with Crippen molar-refractivity contribution in [2.24, 2.45) is 0 Å². The summed E-state index contributed by atoms with van der Waals surface area (Å²) in [5.41, 5.74) is 0.849. The van der Waals surface area contributed by atoms with Gasteiger partial charge in [0.2, 0.25) is 0 Å². The van der Waals surface area contributed by atoms with Gasteiger partial charge in [-0.3, -0.25) is 4.79 Å². The van der Waals surface area contributed by atoms with E-state index in [1.165, 1.54) is 6.26 Å². The summed E-state index contributed by atoms with van der Waals surface area (Å²) in [5.74, 6) is 0.206. The topological polar surface area (TPSA) is 42.2 Å². The lowest BCUT2D eigenvalue weighted by Crippen LogP contribution is -2.25. The molecule has 0 saturated carbocycles. The molecular formula is C10H14ClNO2. The number of aryl methyl sites for hydroxylation is 1. The molecule has 0 aliphatic rings. The first kappa shape index (κ1) is 11.1. The number of halogens is 1. The second-order valence-electron chi connectivity index (χ2n) is 3.26. The van der Waals surface area contributed by atoms with Gasteiger partial charge in [-0.25, -0.2) is 0 Å². The quantitative estimate of drug-likeness (QED) is 0.784. The molecule has 0 spiro atoms. The van der Waals surface area contributed by atoms with Crippen molar-refractivity contribution in [3.05, 3.63) is 23.7 Å². The number of hydrogen-bond acceptors (Lipinski definition) is 2. The third-order valence-corrected chi connectivity index (χ3v) is 2.11. The van der Waals surface area contributed by atoms with E-state index < -0.39 is 0 Å². The van der Waals surface area contributed by atoms with Gasteiger partial charge in [-0.15, -0.1) is 11.6 Å². The van der Waals surface area contributed by atoms with E-state index in [-0.39, 0.29) is 11.3 Å². The van der Waals surface area contributed by atoms with E-state index in [1.54, 1.807) is 6.07 Å². The fraction of sp³-hybridized carbons (Fsp3) is 0.500. The molecule has 0 saturated heterocycles. The van der Waals surface area contributed by atoms with Crippen molar-refractivity contribution < 1.29 is 9.21 Å². The van der Waals surface area contributed by atoms with Crippen LogP contribution in [0.3, 0.4) is 0 Å². The van der Waals surface area contributed by atoms with E-state index >= 15 is 0 Å². The molecule has 1 heterocycles. The second kappa shape index (κ2) is 5.05. The summed E-state index contributed by atoms with van der Waals surface area (Å²) in [6.45, 7) is 4.30. The number of hydrogen-bond donors (Lipinski definition) is 1. The van der Waals surface area contributed by atoms with Gasteiger partial charge < -0.3 is 9.73 Å². The minimum atomic E-state index is -0.176. The van der Waals surface area contributed by atoms with Crippen LogP contribution in [0.15, 0.2) is 16.7 Å². The highest BCUT2D eigenvalue weighted by Crippen LogP contribution is 2.08. The van der Waals surface area contributed by atoms with E-state index in [0.29, 0.717) is 12.3 Å². The Morgan fingerprint density at radius 3 is 2.93 bits per heavy atom. The van der Waals surface area contributed by atoms with Crippen molar-refractivity contribution in [3.8, 4) is 0 Å². The van der Waals surface area contributed by atoms with Crippen molar-refractivity contribution in [1.29, 1.82) is 0 Å². The molecule has 0 radical (unpaired) electrons. The van der Waals surface area contributed by atoms with Crippen molar-refractivity contribution in [1.82, 2.24) is 5.32 Å². The normalized spacial score (nSPS) is 12.5. The van der Waals surface area contributed by atoms with Gasteiger partial charge in [-0.05, 0) is 26.3 Å². The third-order valence-electron chi connectivity index (χ3n) is 1.90. The number of rotatable bonds is 4. The monoisotopic (exact) mass is 215 g/mol. The Morgan fingerprint density at radius 1 is 1.71 bits per heavy atom. The van der Waals surface area contributed by atoms with Gasteiger partial charge in [0, 0.05) is 17.5 Å². The zero-order valence-electron chi connectivity index (χ0n) is 8.34. The van der Waals surface area contributed by atoms with Crippen LogP contribution in [0.5, 0.6) is 0 Å². The molecule has 1 aromatic rings. The Labute approximate surface area is 88.4 Å². The van der Waals surface area contributed by atoms with Gasteiger partial charge in [-0.2, -0.15) is 0 Å². The summed E-state index contributed by atoms with van der Waals surface area (Å²) >= 11 is 5.74. The highest BCUT2D eigenvalue weighted by molar-refractivity contribution is 6.20. The number of carbonyl (C=O) groups is 1. The molecule has 3 nitrogen and oxygen atoms in total. The van der Waals surface area contributed by atoms with E-state index in [2.05, 4.69) is 5.32 Å². The number of carbonyl (C=O) groups excluding carboxylic acids is 1. The Kier molecular flexibility index (Phi) is 4.01. The Balaban J connectivity index is 2.40. The molecule has 78 valence electrons. The van der Waals surface area contributed by atoms with Crippen molar-refractivity contribution in [3.63, 3.8) is 0 Å². The Bertz CT molecular complexity index is 307. The maximum Gasteiger partial charge on any atom is 0.287 e. The molecule has 0 aromatic carbocycles. The van der Waals surface area contributed by atoms with Crippen LogP contribution in [0.4, 0.5) is 0 Å². The predicted octanol–water partition coefficient (Wildman–Crippen LogP) is 2.34. The highest BCUT2D eigenvalue weighted by atomic mass is 35.5. The van der Waals surface area contributed by atoms with Crippen LogP contribution in [0, 0.1) is 6.92 Å². The van der Waals surface area contributed by atoms with Crippen LogP contribution in [0.1, 0.15) is 29.5 Å². The molecule has 1 aromatic heterocycles. The molecule has 0 aliphatic heterocycles. The molecule has 14 heavy (non-hydrogen) atoms. The largest absolute Gasteiger partial charge is 0.459 e. The van der Waals surface area contributed by atoms with Crippen LogP contribution in [-0.4, -0.2) is 17.8 Å². The molecule has 0 aliphatic carbocycles. The molecule has 1 rings (SSSR count). The molecule has 1 amide bonds. The summed E-state index contributed by atoms with van der Waals surface area (Å²) in [5, 5.41) is 2.82. The highest BCUT2D eigenvalue weighted by Gasteiger charge is 2.11. The summed E-state index contributed by atoms with van der Waals surface area (Å²) < 4.78 is 5.04. The maximum absolute atomic E-state index is 11.5. The SMILES string of the molecule is Cc1ccoc1C(=O)NCCC(C)Cl. The molecule has 4 heteroatoms. The lowest BCUT2D eigenvalue weighted by molar-refractivity contribution is 0.0925. The Hall–Kier alpha value is -0.960. The van der Waals surface area contributed by atoms with Gasteiger partial charge in [0.15, 0.2) is 5.76 Å². The number of amides is 1. The van der Waals surface area contributed by atoms with Crippen LogP contribution in [-0.2, 0) is 0 Å². The molecule has 1 atom stereocenters. The third kappa shape index (κ3) is 3.07. The standard InChI is InChI=1S/C10H14ClNO2/c1-7-4-6-14-9(7)10(13)12-5-3-8(2)11/h4,6,8H,3,5H2,1-2H3,(H,12,13). The zero-order chi connectivity index (χ0) is 10.6. The predicted molar refractivity (Wildman–Crippen MR) is 55.7 cm³/mol.